The van der Waals surface area contributed by atoms with E-state index >= 15 is 0 Å². The number of aromatic nitrogens is 1. The van der Waals surface area contributed by atoms with Gasteiger partial charge in [0.15, 0.2) is 0 Å². The number of benzene rings is 1. The number of carbonyl (C=O) groups is 1. The fraction of sp³-hybridized carbons (Fsp3) is 0.133. The summed E-state index contributed by atoms with van der Waals surface area (Å²) in [6.45, 7) is 0. The lowest BCUT2D eigenvalue weighted by molar-refractivity contribution is -0.117. The molecule has 0 aliphatic heterocycles. The van der Waals surface area contributed by atoms with Crippen molar-refractivity contribution in [2.45, 2.75) is 6.42 Å². The first-order valence-corrected chi connectivity index (χ1v) is 6.07. The number of rotatable bonds is 3. The summed E-state index contributed by atoms with van der Waals surface area (Å²) in [5.74, 6) is -0.0769. The van der Waals surface area contributed by atoms with Gasteiger partial charge in [0.05, 0.1) is 29.9 Å². The maximum absolute atomic E-state index is 12.1. The van der Waals surface area contributed by atoms with E-state index in [1.165, 1.54) is 6.20 Å². The third kappa shape index (κ3) is 3.12. The molecular weight excluding hydrogens is 252 g/mol. The number of nitrogen functional groups attached to an aromatic ring is 1. The van der Waals surface area contributed by atoms with Crippen molar-refractivity contribution in [1.29, 1.82) is 5.26 Å². The Morgan fingerprint density at radius 1 is 1.30 bits per heavy atom. The van der Waals surface area contributed by atoms with Gasteiger partial charge in [-0.2, -0.15) is 5.26 Å². The van der Waals surface area contributed by atoms with E-state index in [1.807, 2.05) is 6.07 Å². The average molecular weight is 266 g/mol. The lowest BCUT2D eigenvalue weighted by Crippen LogP contribution is -2.28. The van der Waals surface area contributed by atoms with Gasteiger partial charge in [-0.1, -0.05) is 0 Å². The first-order chi connectivity index (χ1) is 9.60. The second-order valence-electron chi connectivity index (χ2n) is 4.37. The third-order valence-electron chi connectivity index (χ3n) is 2.94. The second kappa shape index (κ2) is 5.85. The molecule has 5 nitrogen and oxygen atoms in total. The minimum absolute atomic E-state index is 0.0769. The smallest absolute Gasteiger partial charge is 0.232 e. The number of nitrogens with zero attached hydrogens (tertiary/aromatic N) is 3. The molecule has 100 valence electrons. The van der Waals surface area contributed by atoms with Crippen LogP contribution in [0, 0.1) is 11.3 Å². The van der Waals surface area contributed by atoms with Crippen LogP contribution in [0.5, 0.6) is 0 Å². The van der Waals surface area contributed by atoms with Crippen LogP contribution in [0.15, 0.2) is 42.6 Å². The first kappa shape index (κ1) is 13.6. The summed E-state index contributed by atoms with van der Waals surface area (Å²) in [7, 11) is 1.70. The van der Waals surface area contributed by atoms with Crippen LogP contribution in [0.3, 0.4) is 0 Å². The predicted octanol–water partition coefficient (Wildman–Crippen LogP) is 1.74. The molecular formula is C15H14N4O. The van der Waals surface area contributed by atoms with Crippen molar-refractivity contribution in [3.63, 3.8) is 0 Å². The SMILES string of the molecule is CN(C(=O)Cc1ccc(N)cn1)c1ccc(C#N)cc1. The topological polar surface area (TPSA) is 83.0 Å². The summed E-state index contributed by atoms with van der Waals surface area (Å²) in [6, 6.07) is 12.3. The number of hydrogen-bond acceptors (Lipinski definition) is 4. The van der Waals surface area contributed by atoms with Gasteiger partial charge in [-0.25, -0.2) is 0 Å². The van der Waals surface area contributed by atoms with Crippen LogP contribution < -0.4 is 10.6 Å². The van der Waals surface area contributed by atoms with Crippen LogP contribution in [-0.4, -0.2) is 17.9 Å². The molecule has 1 aromatic carbocycles. The molecule has 0 unspecified atom stereocenters. The molecule has 0 aliphatic rings. The standard InChI is InChI=1S/C15H14N4O/c1-19(14-6-2-11(9-16)3-7-14)15(20)8-13-5-4-12(17)10-18-13/h2-7,10H,8,17H2,1H3. The molecule has 20 heavy (non-hydrogen) atoms. The normalized spacial score (nSPS) is 9.80. The maximum atomic E-state index is 12.1. The summed E-state index contributed by atoms with van der Waals surface area (Å²) >= 11 is 0. The summed E-state index contributed by atoms with van der Waals surface area (Å²) in [4.78, 5) is 17.8. The molecule has 0 fully saturated rings. The Bertz CT molecular complexity index is 641. The van der Waals surface area contributed by atoms with Crippen LogP contribution in [0.25, 0.3) is 0 Å². The van der Waals surface area contributed by atoms with Gasteiger partial charge in [0, 0.05) is 18.4 Å². The quantitative estimate of drug-likeness (QED) is 0.917. The van der Waals surface area contributed by atoms with E-state index in [4.69, 9.17) is 11.0 Å². The summed E-state index contributed by atoms with van der Waals surface area (Å²) < 4.78 is 0. The minimum Gasteiger partial charge on any atom is -0.397 e. The molecule has 0 bridgehead atoms. The molecule has 2 rings (SSSR count). The molecule has 0 spiro atoms. The van der Waals surface area contributed by atoms with Crippen molar-refractivity contribution in [2.24, 2.45) is 0 Å². The number of anilines is 2. The second-order valence-corrected chi connectivity index (χ2v) is 4.37. The van der Waals surface area contributed by atoms with Gasteiger partial charge in [-0.15, -0.1) is 0 Å². The number of pyridine rings is 1. The molecule has 5 heteroatoms. The van der Waals surface area contributed by atoms with Crippen molar-refractivity contribution in [1.82, 2.24) is 4.98 Å². The van der Waals surface area contributed by atoms with E-state index in [0.717, 1.165) is 5.69 Å². The van der Waals surface area contributed by atoms with Crippen LogP contribution in [0.1, 0.15) is 11.3 Å². The molecule has 0 radical (unpaired) electrons. The molecule has 1 amide bonds. The highest BCUT2D eigenvalue weighted by atomic mass is 16.2. The van der Waals surface area contributed by atoms with E-state index in [2.05, 4.69) is 4.98 Å². The van der Waals surface area contributed by atoms with Gasteiger partial charge in [0.1, 0.15) is 0 Å². The lowest BCUT2D eigenvalue weighted by Gasteiger charge is -2.17. The van der Waals surface area contributed by atoms with E-state index < -0.39 is 0 Å². The lowest BCUT2D eigenvalue weighted by atomic mass is 10.2. The van der Waals surface area contributed by atoms with Crippen LogP contribution in [-0.2, 0) is 11.2 Å². The maximum Gasteiger partial charge on any atom is 0.232 e. The molecule has 1 heterocycles. The van der Waals surface area contributed by atoms with Crippen molar-refractivity contribution in [3.8, 4) is 6.07 Å². The van der Waals surface area contributed by atoms with Crippen LogP contribution in [0.4, 0.5) is 11.4 Å². The van der Waals surface area contributed by atoms with E-state index in [1.54, 1.807) is 48.3 Å². The van der Waals surface area contributed by atoms with Gasteiger partial charge in [-0.05, 0) is 36.4 Å². The number of nitrogens with two attached hydrogens (primary N) is 1. The monoisotopic (exact) mass is 266 g/mol. The Labute approximate surface area is 117 Å². The Balaban J connectivity index is 2.08. The fourth-order valence-electron chi connectivity index (χ4n) is 1.72. The van der Waals surface area contributed by atoms with Gasteiger partial charge in [0.2, 0.25) is 5.91 Å². The Hall–Kier alpha value is -2.87. The third-order valence-corrected chi connectivity index (χ3v) is 2.94. The van der Waals surface area contributed by atoms with Crippen LogP contribution >= 0.6 is 0 Å². The number of amides is 1. The Kier molecular flexibility index (Phi) is 3.96. The predicted molar refractivity (Wildman–Crippen MR) is 76.9 cm³/mol. The number of nitriles is 1. The molecule has 0 atom stereocenters. The van der Waals surface area contributed by atoms with E-state index in [9.17, 15) is 4.79 Å². The zero-order valence-corrected chi connectivity index (χ0v) is 11.1. The molecule has 2 aromatic rings. The minimum atomic E-state index is -0.0769. The Morgan fingerprint density at radius 2 is 2.00 bits per heavy atom. The van der Waals surface area contributed by atoms with Gasteiger partial charge >= 0.3 is 0 Å². The fourth-order valence-corrected chi connectivity index (χ4v) is 1.72. The van der Waals surface area contributed by atoms with E-state index in [0.29, 0.717) is 16.9 Å². The highest BCUT2D eigenvalue weighted by Gasteiger charge is 2.12. The number of carbonyl (C=O) groups excluding carboxylic acids is 1. The van der Waals surface area contributed by atoms with Crippen LogP contribution in [0.2, 0.25) is 0 Å². The molecule has 0 saturated carbocycles. The Morgan fingerprint density at radius 3 is 2.55 bits per heavy atom. The van der Waals surface area contributed by atoms with Crippen molar-refractivity contribution >= 4 is 17.3 Å². The highest BCUT2D eigenvalue weighted by molar-refractivity contribution is 5.94. The van der Waals surface area contributed by atoms with Crippen molar-refractivity contribution in [3.05, 3.63) is 53.9 Å². The number of hydrogen-bond donors (Lipinski definition) is 1. The van der Waals surface area contributed by atoms with Gasteiger partial charge < -0.3 is 10.6 Å². The number of likely N-dealkylation sites (N-methyl/N-ethyl adjacent to an activating group) is 1. The van der Waals surface area contributed by atoms with Crippen molar-refractivity contribution < 1.29 is 4.79 Å². The largest absolute Gasteiger partial charge is 0.397 e. The summed E-state index contributed by atoms with van der Waals surface area (Å²) in [5, 5.41) is 8.74. The molecule has 1 aromatic heterocycles. The van der Waals surface area contributed by atoms with Gasteiger partial charge in [0.25, 0.3) is 0 Å². The van der Waals surface area contributed by atoms with E-state index in [-0.39, 0.29) is 12.3 Å². The summed E-state index contributed by atoms with van der Waals surface area (Å²) in [5.41, 5.74) is 8.10. The zero-order chi connectivity index (χ0) is 14.5. The van der Waals surface area contributed by atoms with Gasteiger partial charge in [-0.3, -0.25) is 9.78 Å². The molecule has 2 N–H and O–H groups in total. The zero-order valence-electron chi connectivity index (χ0n) is 11.1. The van der Waals surface area contributed by atoms with Crippen molar-refractivity contribution in [2.75, 3.05) is 17.7 Å². The summed E-state index contributed by atoms with van der Waals surface area (Å²) in [6.07, 6.45) is 1.74. The highest BCUT2D eigenvalue weighted by Crippen LogP contribution is 2.14. The molecule has 0 aliphatic carbocycles. The first-order valence-electron chi connectivity index (χ1n) is 6.07. The average Bonchev–Trinajstić information content (AvgIpc) is 2.49. The molecule has 0 saturated heterocycles.